The first kappa shape index (κ1) is 22.6. The Kier molecular flexibility index (Phi) is 7.43. The summed E-state index contributed by atoms with van der Waals surface area (Å²) in [4.78, 5) is 17.8. The van der Waals surface area contributed by atoms with E-state index in [-0.39, 0.29) is 21.5 Å². The number of rotatable bonds is 9. The first-order valence-electron chi connectivity index (χ1n) is 9.55. The first-order valence-corrected chi connectivity index (χ1v) is 10.4. The fourth-order valence-electron chi connectivity index (χ4n) is 3.33. The van der Waals surface area contributed by atoms with E-state index in [9.17, 15) is 13.6 Å². The molecule has 0 saturated carbocycles. The van der Waals surface area contributed by atoms with Crippen molar-refractivity contribution in [2.45, 2.75) is 56.5 Å². The van der Waals surface area contributed by atoms with E-state index in [1.54, 1.807) is 17.8 Å². The van der Waals surface area contributed by atoms with Crippen molar-refractivity contribution in [2.75, 3.05) is 18.5 Å². The number of aryl methyl sites for hydroxylation is 1. The van der Waals surface area contributed by atoms with Gasteiger partial charge in [0.1, 0.15) is 6.29 Å². The summed E-state index contributed by atoms with van der Waals surface area (Å²) in [5, 5.41) is -0.0266. The van der Waals surface area contributed by atoms with Crippen molar-refractivity contribution in [3.8, 4) is 0 Å². The van der Waals surface area contributed by atoms with Gasteiger partial charge in [-0.25, -0.2) is 8.78 Å². The van der Waals surface area contributed by atoms with Gasteiger partial charge in [0.05, 0.1) is 11.9 Å². The third-order valence-electron chi connectivity index (χ3n) is 5.19. The Balaban J connectivity index is 2.12. The molecule has 0 radical (unpaired) electrons. The van der Waals surface area contributed by atoms with Crippen molar-refractivity contribution in [3.63, 3.8) is 0 Å². The molecule has 1 aliphatic rings. The number of aldehydes is 1. The molecule has 0 amide bonds. The maximum atomic E-state index is 13.7. The molecular weight excluding hydrogens is 378 g/mol. The van der Waals surface area contributed by atoms with Crippen LogP contribution >= 0.6 is 11.8 Å². The van der Waals surface area contributed by atoms with Crippen molar-refractivity contribution in [1.29, 1.82) is 0 Å². The summed E-state index contributed by atoms with van der Waals surface area (Å²) >= 11 is 1.67. The Bertz CT molecular complexity index is 723. The Morgan fingerprint density at radius 1 is 1.36 bits per heavy atom. The number of nitrogens with zero attached hydrogens (tertiary/aromatic N) is 2. The molecule has 0 fully saturated rings. The number of thioether (sulfide) groups is 1. The second-order valence-electron chi connectivity index (χ2n) is 8.05. The number of aromatic nitrogens is 1. The van der Waals surface area contributed by atoms with Crippen molar-refractivity contribution in [1.82, 2.24) is 4.98 Å². The van der Waals surface area contributed by atoms with Crippen LogP contribution < -0.4 is 4.90 Å². The van der Waals surface area contributed by atoms with Crippen molar-refractivity contribution >= 4 is 23.7 Å². The fraction of sp³-hybridized carbons (Fsp3) is 0.545. The lowest BCUT2D eigenvalue weighted by atomic mass is 9.91. The van der Waals surface area contributed by atoms with Crippen molar-refractivity contribution in [2.24, 2.45) is 5.92 Å². The molecule has 0 N–H and O–H groups in total. The van der Waals surface area contributed by atoms with Gasteiger partial charge >= 0.3 is 0 Å². The lowest BCUT2D eigenvalue weighted by molar-refractivity contribution is -0.108. The molecular formula is C22H30F2N2OS. The summed E-state index contributed by atoms with van der Waals surface area (Å²) in [6.45, 7) is 7.76. The first-order chi connectivity index (χ1) is 13.0. The normalized spacial score (nSPS) is 18.5. The molecule has 1 heterocycles. The number of hydrogen-bond acceptors (Lipinski definition) is 4. The van der Waals surface area contributed by atoms with E-state index in [0.717, 1.165) is 31.0 Å². The second kappa shape index (κ2) is 9.21. The highest BCUT2D eigenvalue weighted by atomic mass is 32.2. The Hall–Kier alpha value is -1.69. The van der Waals surface area contributed by atoms with Gasteiger partial charge in [-0.15, -0.1) is 11.8 Å². The maximum Gasteiger partial charge on any atom is 0.270 e. The van der Waals surface area contributed by atoms with Crippen LogP contribution in [0, 0.1) is 12.8 Å². The molecule has 1 aromatic rings. The number of alkyl halides is 2. The Labute approximate surface area is 171 Å². The van der Waals surface area contributed by atoms with Gasteiger partial charge in [-0.05, 0) is 31.4 Å². The maximum absolute atomic E-state index is 13.7. The lowest BCUT2D eigenvalue weighted by Gasteiger charge is -2.38. The monoisotopic (exact) mass is 408 g/mol. The number of pyridine rings is 1. The third kappa shape index (κ3) is 6.16. The number of carbonyl (C=O) groups excluding carboxylic acids is 1. The Morgan fingerprint density at radius 2 is 2.07 bits per heavy atom. The minimum atomic E-state index is -2.83. The molecule has 0 aliphatic heterocycles. The van der Waals surface area contributed by atoms with Crippen LogP contribution in [0.1, 0.15) is 39.3 Å². The molecule has 154 valence electrons. The van der Waals surface area contributed by atoms with Crippen LogP contribution in [0.5, 0.6) is 0 Å². The molecule has 0 bridgehead atoms. The van der Waals surface area contributed by atoms with Crippen LogP contribution in [-0.4, -0.2) is 40.8 Å². The van der Waals surface area contributed by atoms with Gasteiger partial charge in [0.2, 0.25) is 0 Å². The molecule has 2 atom stereocenters. The number of carbonyl (C=O) groups is 1. The van der Waals surface area contributed by atoms with Gasteiger partial charge < -0.3 is 9.69 Å². The molecule has 1 aliphatic carbocycles. The van der Waals surface area contributed by atoms with Crippen LogP contribution in [-0.2, 0) is 4.79 Å². The minimum Gasteiger partial charge on any atom is -0.373 e. The van der Waals surface area contributed by atoms with E-state index in [1.165, 1.54) is 6.08 Å². The second-order valence-corrected chi connectivity index (χ2v) is 9.94. The van der Waals surface area contributed by atoms with E-state index >= 15 is 0 Å². The van der Waals surface area contributed by atoms with Crippen LogP contribution in [0.15, 0.2) is 42.1 Å². The predicted molar refractivity (Wildman–Crippen MR) is 114 cm³/mol. The average molecular weight is 409 g/mol. The van der Waals surface area contributed by atoms with Crippen molar-refractivity contribution < 1.29 is 13.6 Å². The molecule has 0 spiro atoms. The summed E-state index contributed by atoms with van der Waals surface area (Å²) in [5.74, 6) is -2.76. The van der Waals surface area contributed by atoms with Gasteiger partial charge in [0, 0.05) is 48.2 Å². The van der Waals surface area contributed by atoms with Gasteiger partial charge in [0.15, 0.2) is 0 Å². The number of allylic oxidation sites excluding steroid dienone is 3. The fourth-order valence-corrected chi connectivity index (χ4v) is 4.90. The van der Waals surface area contributed by atoms with Gasteiger partial charge in [-0.1, -0.05) is 32.1 Å². The standard InChI is InChI=1S/C22H30F2N2OS/c1-16-9-10-19(14-25-16)26(5)15-18(11-12-27)21(2,3)28-20-8-6-7-17(13-20)22(4,23)24/h6-7,9-10,12-14,18,20H,8,11,15H2,1-5H3. The smallest absolute Gasteiger partial charge is 0.270 e. The topological polar surface area (TPSA) is 33.2 Å². The lowest BCUT2D eigenvalue weighted by Crippen LogP contribution is -2.39. The highest BCUT2D eigenvalue weighted by Crippen LogP contribution is 2.42. The summed E-state index contributed by atoms with van der Waals surface area (Å²) in [7, 11) is 1.99. The summed E-state index contributed by atoms with van der Waals surface area (Å²) < 4.78 is 27.1. The highest BCUT2D eigenvalue weighted by Gasteiger charge is 2.35. The van der Waals surface area contributed by atoms with Crippen molar-refractivity contribution in [3.05, 3.63) is 47.8 Å². The SMILES string of the molecule is Cc1ccc(N(C)CC(CC=O)C(C)(C)SC2C=C(C(C)(F)F)C=CC2)cn1. The summed E-state index contributed by atoms with van der Waals surface area (Å²) in [5.41, 5.74) is 2.02. The van der Waals surface area contributed by atoms with Gasteiger partial charge in [0.25, 0.3) is 5.92 Å². The minimum absolute atomic E-state index is 0.0266. The van der Waals surface area contributed by atoms with E-state index < -0.39 is 5.92 Å². The molecule has 28 heavy (non-hydrogen) atoms. The molecule has 0 aromatic carbocycles. The van der Waals surface area contributed by atoms with Crippen LogP contribution in [0.25, 0.3) is 0 Å². The average Bonchev–Trinajstić information content (AvgIpc) is 2.61. The number of halogens is 2. The van der Waals surface area contributed by atoms with E-state index in [1.807, 2.05) is 38.4 Å². The van der Waals surface area contributed by atoms with Gasteiger partial charge in [-0.2, -0.15) is 0 Å². The molecule has 2 unspecified atom stereocenters. The molecule has 3 nitrogen and oxygen atoms in total. The van der Waals surface area contributed by atoms with E-state index in [0.29, 0.717) is 13.0 Å². The largest absolute Gasteiger partial charge is 0.373 e. The van der Waals surface area contributed by atoms with Gasteiger partial charge in [-0.3, -0.25) is 4.98 Å². The molecule has 6 heteroatoms. The third-order valence-corrected chi connectivity index (χ3v) is 6.76. The zero-order chi connectivity index (χ0) is 20.9. The van der Waals surface area contributed by atoms with Crippen LogP contribution in [0.2, 0.25) is 0 Å². The number of anilines is 1. The zero-order valence-corrected chi connectivity index (χ0v) is 18.1. The van der Waals surface area contributed by atoms with E-state index in [2.05, 4.69) is 23.7 Å². The molecule has 0 saturated heterocycles. The van der Waals surface area contributed by atoms with E-state index in [4.69, 9.17) is 0 Å². The number of hydrogen-bond donors (Lipinski definition) is 0. The Morgan fingerprint density at radius 3 is 2.64 bits per heavy atom. The molecule has 2 rings (SSSR count). The summed E-state index contributed by atoms with van der Waals surface area (Å²) in [6.07, 6.45) is 8.95. The summed E-state index contributed by atoms with van der Waals surface area (Å²) in [6, 6.07) is 3.98. The zero-order valence-electron chi connectivity index (χ0n) is 17.3. The quantitative estimate of drug-likeness (QED) is 0.509. The predicted octanol–water partition coefficient (Wildman–Crippen LogP) is 5.45. The molecule has 1 aromatic heterocycles. The van der Waals surface area contributed by atoms with Crippen LogP contribution in [0.4, 0.5) is 14.5 Å². The highest BCUT2D eigenvalue weighted by molar-refractivity contribution is 8.01. The van der Waals surface area contributed by atoms with Crippen LogP contribution in [0.3, 0.4) is 0 Å².